The molecule has 16 heteroatoms. The summed E-state index contributed by atoms with van der Waals surface area (Å²) in [7, 11) is -9.71. The molecule has 4 N–H and O–H groups in total. The summed E-state index contributed by atoms with van der Waals surface area (Å²) in [5, 5.41) is 9.78. The SMILES string of the molecule is CCCCC/C=C\C/C=C\C/C=C\CC1OC1CCCC(=O)O[C@H](COC(=O)CCCCCCCCCCCCCCCCCCC(C)C)COP(=O)(O)OC[C@@H](O)COP(=O)(O)O. The van der Waals surface area contributed by atoms with Crippen LogP contribution in [0.1, 0.15) is 201 Å². The third-order valence-corrected chi connectivity index (χ3v) is 12.3. The van der Waals surface area contributed by atoms with Crippen LogP contribution in [-0.4, -0.2) is 82.6 Å². The standard InChI is InChI=1S/C48H88O14P2/c1-4-5-6-7-8-9-10-18-21-24-27-30-34-45-46(62-45)35-32-37-48(51)61-44(41-60-64(55,56)59-39-43(49)38-58-63(52,53)54)40-57-47(50)36-31-28-25-22-19-16-14-12-11-13-15-17-20-23-26-29-33-42(2)3/h8-9,18,21,27,30,42-46,49H,4-7,10-17,19-20,22-26,28-29,31-41H2,1-3H3,(H,55,56)(H2,52,53,54)/b9-8-,21-18-,30-27-/t43-,44+,45?,46?/m0/s1. The molecule has 64 heavy (non-hydrogen) atoms. The molecule has 1 heterocycles. The molecule has 1 saturated heterocycles. The van der Waals surface area contributed by atoms with Crippen LogP contribution in [0, 0.1) is 5.92 Å². The second-order valence-electron chi connectivity index (χ2n) is 17.6. The summed E-state index contributed by atoms with van der Waals surface area (Å²) in [5.41, 5.74) is 0. The van der Waals surface area contributed by atoms with Gasteiger partial charge in [-0.15, -0.1) is 0 Å². The fraction of sp³-hybridized carbons (Fsp3) is 0.833. The highest BCUT2D eigenvalue weighted by Gasteiger charge is 2.37. The number of unbranched alkanes of at least 4 members (excludes halogenated alkanes) is 18. The van der Waals surface area contributed by atoms with E-state index in [0.717, 1.165) is 50.9 Å². The Labute approximate surface area is 386 Å². The van der Waals surface area contributed by atoms with Gasteiger partial charge < -0.3 is 34.0 Å². The topological polar surface area (TPSA) is 208 Å². The lowest BCUT2D eigenvalue weighted by Gasteiger charge is -2.20. The van der Waals surface area contributed by atoms with Gasteiger partial charge in [0, 0.05) is 12.8 Å². The zero-order valence-electron chi connectivity index (χ0n) is 39.7. The molecule has 0 aliphatic carbocycles. The second kappa shape index (κ2) is 39.3. The Morgan fingerprint density at radius 2 is 1.11 bits per heavy atom. The predicted molar refractivity (Wildman–Crippen MR) is 252 cm³/mol. The minimum Gasteiger partial charge on any atom is -0.462 e. The van der Waals surface area contributed by atoms with E-state index in [1.165, 1.54) is 103 Å². The van der Waals surface area contributed by atoms with Crippen molar-refractivity contribution in [3.8, 4) is 0 Å². The number of epoxide rings is 1. The molecule has 0 saturated carbocycles. The van der Waals surface area contributed by atoms with E-state index in [-0.39, 0.29) is 25.0 Å². The van der Waals surface area contributed by atoms with E-state index in [1.54, 1.807) is 0 Å². The number of ether oxygens (including phenoxy) is 3. The van der Waals surface area contributed by atoms with Gasteiger partial charge in [0.25, 0.3) is 0 Å². The number of allylic oxidation sites excluding steroid dienone is 5. The molecule has 0 aromatic carbocycles. The lowest BCUT2D eigenvalue weighted by atomic mass is 10.0. The highest BCUT2D eigenvalue weighted by Crippen LogP contribution is 2.44. The molecule has 0 amide bonds. The van der Waals surface area contributed by atoms with Gasteiger partial charge in [0.2, 0.25) is 0 Å². The second-order valence-corrected chi connectivity index (χ2v) is 20.3. The van der Waals surface area contributed by atoms with Gasteiger partial charge in [-0.3, -0.25) is 23.2 Å². The van der Waals surface area contributed by atoms with Crippen molar-refractivity contribution in [1.29, 1.82) is 0 Å². The summed E-state index contributed by atoms with van der Waals surface area (Å²) in [6.45, 7) is 4.02. The van der Waals surface area contributed by atoms with Crippen LogP contribution in [-0.2, 0) is 46.5 Å². The van der Waals surface area contributed by atoms with Crippen LogP contribution in [0.3, 0.4) is 0 Å². The summed E-state index contributed by atoms with van der Waals surface area (Å²) in [5.74, 6) is -0.279. The monoisotopic (exact) mass is 951 g/mol. The van der Waals surface area contributed by atoms with E-state index in [4.69, 9.17) is 33.0 Å². The maximum atomic E-state index is 12.8. The average Bonchev–Trinajstić information content (AvgIpc) is 4.00. The van der Waals surface area contributed by atoms with Gasteiger partial charge in [-0.05, 0) is 57.3 Å². The minimum absolute atomic E-state index is 0.0443. The van der Waals surface area contributed by atoms with E-state index >= 15 is 0 Å². The predicted octanol–water partition coefficient (Wildman–Crippen LogP) is 12.1. The summed E-state index contributed by atoms with van der Waals surface area (Å²) in [6, 6.07) is 0. The first-order valence-electron chi connectivity index (χ1n) is 24.7. The zero-order chi connectivity index (χ0) is 47.2. The van der Waals surface area contributed by atoms with Crippen LogP contribution in [0.5, 0.6) is 0 Å². The summed E-state index contributed by atoms with van der Waals surface area (Å²) in [4.78, 5) is 53.0. The molecule has 14 nitrogen and oxygen atoms in total. The van der Waals surface area contributed by atoms with Crippen LogP contribution in [0.4, 0.5) is 0 Å². The van der Waals surface area contributed by atoms with E-state index in [0.29, 0.717) is 19.3 Å². The first kappa shape index (κ1) is 60.3. The Hall–Kier alpha value is -1.70. The Kier molecular flexibility index (Phi) is 37.0. The molecule has 374 valence electrons. The fourth-order valence-electron chi connectivity index (χ4n) is 7.03. The van der Waals surface area contributed by atoms with Gasteiger partial charge in [-0.25, -0.2) is 9.13 Å². The van der Waals surface area contributed by atoms with Crippen molar-refractivity contribution < 1.29 is 66.3 Å². The number of aliphatic hydroxyl groups excluding tert-OH is 1. The molecule has 1 fully saturated rings. The summed E-state index contributed by atoms with van der Waals surface area (Å²) in [6.07, 6.45) is 40.1. The molecular weight excluding hydrogens is 862 g/mol. The van der Waals surface area contributed by atoms with E-state index in [9.17, 15) is 28.7 Å². The Balaban J connectivity index is 2.35. The molecule has 5 atom stereocenters. The molecular formula is C48H88O14P2. The molecule has 0 spiro atoms. The van der Waals surface area contributed by atoms with Gasteiger partial charge >= 0.3 is 27.6 Å². The minimum atomic E-state index is -4.87. The summed E-state index contributed by atoms with van der Waals surface area (Å²) < 4.78 is 53.7. The van der Waals surface area contributed by atoms with Crippen LogP contribution >= 0.6 is 15.6 Å². The van der Waals surface area contributed by atoms with Crippen molar-refractivity contribution in [2.45, 2.75) is 225 Å². The largest absolute Gasteiger partial charge is 0.472 e. The average molecular weight is 951 g/mol. The maximum absolute atomic E-state index is 12.8. The quantitative estimate of drug-likeness (QED) is 0.0147. The number of aliphatic hydroxyl groups is 1. The van der Waals surface area contributed by atoms with Gasteiger partial charge in [-0.1, -0.05) is 173 Å². The molecule has 1 aliphatic rings. The molecule has 1 aliphatic heterocycles. The molecule has 3 unspecified atom stereocenters. The number of phosphoric acid groups is 2. The Morgan fingerprint density at radius 3 is 1.69 bits per heavy atom. The molecule has 0 aromatic rings. The fourth-order valence-corrected chi connectivity index (χ4v) is 8.19. The van der Waals surface area contributed by atoms with E-state index in [1.807, 2.05) is 0 Å². The van der Waals surface area contributed by atoms with Crippen molar-refractivity contribution in [2.75, 3.05) is 26.4 Å². The number of carbonyl (C=O) groups excluding carboxylic acids is 2. The molecule has 0 radical (unpaired) electrons. The van der Waals surface area contributed by atoms with E-state index in [2.05, 4.69) is 61.8 Å². The van der Waals surface area contributed by atoms with Crippen LogP contribution in [0.2, 0.25) is 0 Å². The third kappa shape index (κ3) is 40.6. The van der Waals surface area contributed by atoms with E-state index < -0.39 is 66.2 Å². The van der Waals surface area contributed by atoms with Gasteiger partial charge in [0.1, 0.15) is 12.7 Å². The Morgan fingerprint density at radius 1 is 0.594 bits per heavy atom. The number of esters is 2. The normalized spacial score (nSPS) is 17.4. The maximum Gasteiger partial charge on any atom is 0.472 e. The third-order valence-electron chi connectivity index (χ3n) is 10.9. The number of phosphoric ester groups is 2. The number of hydrogen-bond donors (Lipinski definition) is 4. The Bertz CT molecular complexity index is 1350. The van der Waals surface area contributed by atoms with Crippen LogP contribution in [0.25, 0.3) is 0 Å². The summed E-state index contributed by atoms with van der Waals surface area (Å²) >= 11 is 0. The van der Waals surface area contributed by atoms with Gasteiger partial charge in [0.05, 0.1) is 32.0 Å². The highest BCUT2D eigenvalue weighted by atomic mass is 31.2. The lowest BCUT2D eigenvalue weighted by molar-refractivity contribution is -0.161. The lowest BCUT2D eigenvalue weighted by Crippen LogP contribution is -2.30. The number of carbonyl (C=O) groups is 2. The van der Waals surface area contributed by atoms with Gasteiger partial charge in [0.15, 0.2) is 6.10 Å². The van der Waals surface area contributed by atoms with Gasteiger partial charge in [-0.2, -0.15) is 0 Å². The zero-order valence-corrected chi connectivity index (χ0v) is 41.5. The van der Waals surface area contributed by atoms with Crippen LogP contribution < -0.4 is 0 Å². The molecule has 0 bridgehead atoms. The van der Waals surface area contributed by atoms with Crippen molar-refractivity contribution in [3.05, 3.63) is 36.5 Å². The van der Waals surface area contributed by atoms with Crippen LogP contribution in [0.15, 0.2) is 36.5 Å². The number of hydrogen-bond acceptors (Lipinski definition) is 11. The first-order valence-corrected chi connectivity index (χ1v) is 27.7. The first-order chi connectivity index (χ1) is 30.7. The van der Waals surface area contributed by atoms with Crippen molar-refractivity contribution in [2.24, 2.45) is 5.92 Å². The molecule has 1 rings (SSSR count). The highest BCUT2D eigenvalue weighted by molar-refractivity contribution is 7.47. The van der Waals surface area contributed by atoms with Crippen molar-refractivity contribution in [1.82, 2.24) is 0 Å². The molecule has 0 aromatic heterocycles. The van der Waals surface area contributed by atoms with Crippen molar-refractivity contribution >= 4 is 27.6 Å². The number of rotatable bonds is 45. The van der Waals surface area contributed by atoms with Crippen molar-refractivity contribution in [3.63, 3.8) is 0 Å². The smallest absolute Gasteiger partial charge is 0.462 e.